The number of ether oxygens (including phenoxy) is 1. The van der Waals surface area contributed by atoms with Crippen molar-refractivity contribution < 1.29 is 19.4 Å². The minimum absolute atomic E-state index is 0.150. The lowest BCUT2D eigenvalue weighted by molar-refractivity contribution is -0.118. The maximum atomic E-state index is 12.4. The predicted octanol–water partition coefficient (Wildman–Crippen LogP) is 4.28. The Morgan fingerprint density at radius 3 is 2.22 bits per heavy atom. The lowest BCUT2D eigenvalue weighted by Gasteiger charge is -2.37. The summed E-state index contributed by atoms with van der Waals surface area (Å²) in [4.78, 5) is 33.6. The van der Waals surface area contributed by atoms with Gasteiger partial charge >= 0.3 is 5.97 Å². The molecule has 0 aliphatic carbocycles. The van der Waals surface area contributed by atoms with Gasteiger partial charge in [-0.3, -0.25) is 4.79 Å². The second kappa shape index (κ2) is 10.4. The quantitative estimate of drug-likeness (QED) is 0.406. The number of amides is 1. The van der Waals surface area contributed by atoms with E-state index in [4.69, 9.17) is 9.72 Å². The van der Waals surface area contributed by atoms with Gasteiger partial charge < -0.3 is 25.0 Å². The van der Waals surface area contributed by atoms with Gasteiger partial charge in [-0.15, -0.1) is 0 Å². The molecular formula is C28H26N4O4. The third-order valence-corrected chi connectivity index (χ3v) is 6.15. The summed E-state index contributed by atoms with van der Waals surface area (Å²) in [7, 11) is 0. The molecule has 1 amide bonds. The van der Waals surface area contributed by atoms with E-state index in [1.54, 1.807) is 36.4 Å². The summed E-state index contributed by atoms with van der Waals surface area (Å²) in [6.45, 7) is 2.97. The summed E-state index contributed by atoms with van der Waals surface area (Å²) in [5, 5.41) is 13.2. The molecule has 0 bridgehead atoms. The van der Waals surface area contributed by atoms with Gasteiger partial charge in [-0.05, 0) is 48.5 Å². The van der Waals surface area contributed by atoms with Gasteiger partial charge in [0, 0.05) is 42.9 Å². The minimum Gasteiger partial charge on any atom is -0.484 e. The van der Waals surface area contributed by atoms with E-state index in [-0.39, 0.29) is 18.1 Å². The molecule has 8 nitrogen and oxygen atoms in total. The number of pyridine rings is 1. The van der Waals surface area contributed by atoms with E-state index in [0.717, 1.165) is 26.2 Å². The predicted molar refractivity (Wildman–Crippen MR) is 140 cm³/mol. The van der Waals surface area contributed by atoms with Crippen molar-refractivity contribution in [2.24, 2.45) is 0 Å². The number of carbonyl (C=O) groups is 2. The largest absolute Gasteiger partial charge is 0.484 e. The van der Waals surface area contributed by atoms with Crippen LogP contribution in [-0.2, 0) is 4.79 Å². The molecule has 3 aromatic carbocycles. The van der Waals surface area contributed by atoms with Crippen molar-refractivity contribution in [1.29, 1.82) is 0 Å². The van der Waals surface area contributed by atoms with Crippen molar-refractivity contribution >= 4 is 40.0 Å². The standard InChI is InChI=1S/C28H26N4O4/c33-27(19-36-22-9-5-2-6-10-22)29-20-11-12-25-23(17-20)24(28(34)35)18-26(30-25)32-15-13-31(14-16-32)21-7-3-1-4-8-21/h1-12,17-18H,13-16,19H2,(H,29,33)(H,34,35). The molecule has 1 fully saturated rings. The number of benzene rings is 3. The van der Waals surface area contributed by atoms with Crippen LogP contribution >= 0.6 is 0 Å². The molecule has 2 N–H and O–H groups in total. The SMILES string of the molecule is O=C(COc1ccccc1)Nc1ccc2nc(N3CCN(c4ccccc4)CC3)cc(C(=O)O)c2c1. The number of piperazine rings is 1. The van der Waals surface area contributed by atoms with Crippen LogP contribution < -0.4 is 19.9 Å². The summed E-state index contributed by atoms with van der Waals surface area (Å²) >= 11 is 0. The number of carbonyl (C=O) groups excluding carboxylic acids is 1. The van der Waals surface area contributed by atoms with E-state index in [1.807, 2.05) is 36.4 Å². The van der Waals surface area contributed by atoms with Gasteiger partial charge in [-0.25, -0.2) is 9.78 Å². The Bertz CT molecular complexity index is 1370. The van der Waals surface area contributed by atoms with Gasteiger partial charge in [0.2, 0.25) is 0 Å². The maximum Gasteiger partial charge on any atom is 0.336 e. The van der Waals surface area contributed by atoms with Crippen LogP contribution in [0.1, 0.15) is 10.4 Å². The van der Waals surface area contributed by atoms with Crippen LogP contribution in [0.25, 0.3) is 10.9 Å². The molecule has 182 valence electrons. The number of carboxylic acids is 1. The smallest absolute Gasteiger partial charge is 0.336 e. The number of aromatic carboxylic acids is 1. The summed E-state index contributed by atoms with van der Waals surface area (Å²) < 4.78 is 5.48. The van der Waals surface area contributed by atoms with E-state index in [0.29, 0.717) is 28.2 Å². The van der Waals surface area contributed by atoms with Crippen molar-refractivity contribution in [2.75, 3.05) is 47.9 Å². The molecule has 1 aliphatic rings. The van der Waals surface area contributed by atoms with Crippen LogP contribution in [0.4, 0.5) is 17.2 Å². The summed E-state index contributed by atoms with van der Waals surface area (Å²) in [6.07, 6.45) is 0. The second-order valence-electron chi connectivity index (χ2n) is 8.52. The molecule has 4 aromatic rings. The second-order valence-corrected chi connectivity index (χ2v) is 8.52. The Kier molecular flexibility index (Phi) is 6.66. The first-order valence-corrected chi connectivity index (χ1v) is 11.8. The van der Waals surface area contributed by atoms with Crippen molar-refractivity contribution in [3.63, 3.8) is 0 Å². The van der Waals surface area contributed by atoms with E-state index < -0.39 is 5.97 Å². The highest BCUT2D eigenvalue weighted by Gasteiger charge is 2.21. The summed E-state index contributed by atoms with van der Waals surface area (Å²) in [6, 6.07) is 26.0. The van der Waals surface area contributed by atoms with E-state index >= 15 is 0 Å². The fourth-order valence-corrected chi connectivity index (χ4v) is 4.32. The third kappa shape index (κ3) is 5.22. The van der Waals surface area contributed by atoms with Gasteiger partial charge in [-0.2, -0.15) is 0 Å². The van der Waals surface area contributed by atoms with Gasteiger partial charge in [-0.1, -0.05) is 36.4 Å². The number of para-hydroxylation sites is 2. The van der Waals surface area contributed by atoms with Crippen LogP contribution in [0, 0.1) is 0 Å². The van der Waals surface area contributed by atoms with Crippen LogP contribution in [0.3, 0.4) is 0 Å². The topological polar surface area (TPSA) is 95.0 Å². The number of hydrogen-bond acceptors (Lipinski definition) is 6. The molecule has 1 aromatic heterocycles. The zero-order chi connectivity index (χ0) is 24.9. The number of nitrogens with zero attached hydrogens (tertiary/aromatic N) is 3. The molecular weight excluding hydrogens is 456 g/mol. The van der Waals surface area contributed by atoms with Crippen molar-refractivity contribution in [1.82, 2.24) is 4.98 Å². The van der Waals surface area contributed by atoms with Crippen molar-refractivity contribution in [3.8, 4) is 5.75 Å². The average Bonchev–Trinajstić information content (AvgIpc) is 2.92. The highest BCUT2D eigenvalue weighted by atomic mass is 16.5. The lowest BCUT2D eigenvalue weighted by Crippen LogP contribution is -2.46. The fourth-order valence-electron chi connectivity index (χ4n) is 4.32. The molecule has 5 rings (SSSR count). The lowest BCUT2D eigenvalue weighted by atomic mass is 10.1. The number of hydrogen-bond donors (Lipinski definition) is 2. The number of nitrogens with one attached hydrogen (secondary N) is 1. The zero-order valence-corrected chi connectivity index (χ0v) is 19.6. The Labute approximate surface area is 208 Å². The minimum atomic E-state index is -1.04. The Morgan fingerprint density at radius 2 is 1.53 bits per heavy atom. The number of rotatable bonds is 7. The fraction of sp³-hybridized carbons (Fsp3) is 0.179. The number of fused-ring (bicyclic) bond motifs is 1. The van der Waals surface area contributed by atoms with Crippen LogP contribution in [-0.4, -0.2) is 54.8 Å². The summed E-state index contributed by atoms with van der Waals surface area (Å²) in [5.41, 5.74) is 2.38. The monoisotopic (exact) mass is 482 g/mol. The van der Waals surface area contributed by atoms with Crippen LogP contribution in [0.15, 0.2) is 84.9 Å². The normalized spacial score (nSPS) is 13.4. The van der Waals surface area contributed by atoms with E-state index in [9.17, 15) is 14.7 Å². The van der Waals surface area contributed by atoms with Crippen molar-refractivity contribution in [2.45, 2.75) is 0 Å². The highest BCUT2D eigenvalue weighted by molar-refractivity contribution is 6.05. The molecule has 0 atom stereocenters. The number of anilines is 3. The molecule has 36 heavy (non-hydrogen) atoms. The molecule has 0 radical (unpaired) electrons. The molecule has 2 heterocycles. The number of carboxylic acid groups (broad SMARTS) is 1. The Hall–Kier alpha value is -4.59. The Morgan fingerprint density at radius 1 is 0.861 bits per heavy atom. The van der Waals surface area contributed by atoms with E-state index in [2.05, 4.69) is 27.2 Å². The van der Waals surface area contributed by atoms with Crippen molar-refractivity contribution in [3.05, 3.63) is 90.5 Å². The average molecular weight is 483 g/mol. The molecule has 0 saturated carbocycles. The van der Waals surface area contributed by atoms with Crippen LogP contribution in [0.2, 0.25) is 0 Å². The first kappa shape index (κ1) is 23.2. The van der Waals surface area contributed by atoms with Gasteiger partial charge in [0.25, 0.3) is 5.91 Å². The molecule has 1 saturated heterocycles. The summed E-state index contributed by atoms with van der Waals surface area (Å²) in [5.74, 6) is -0.139. The third-order valence-electron chi connectivity index (χ3n) is 6.15. The molecule has 1 aliphatic heterocycles. The van der Waals surface area contributed by atoms with E-state index in [1.165, 1.54) is 5.69 Å². The molecule has 8 heteroatoms. The zero-order valence-electron chi connectivity index (χ0n) is 19.6. The van der Waals surface area contributed by atoms with Gasteiger partial charge in [0.15, 0.2) is 6.61 Å². The Balaban J connectivity index is 1.31. The van der Waals surface area contributed by atoms with Gasteiger partial charge in [0.1, 0.15) is 11.6 Å². The van der Waals surface area contributed by atoms with Crippen LogP contribution in [0.5, 0.6) is 5.75 Å². The molecule has 0 spiro atoms. The maximum absolute atomic E-state index is 12.4. The van der Waals surface area contributed by atoms with Gasteiger partial charge in [0.05, 0.1) is 11.1 Å². The first-order chi connectivity index (χ1) is 17.6. The highest BCUT2D eigenvalue weighted by Crippen LogP contribution is 2.27. The molecule has 0 unspecified atom stereocenters. The first-order valence-electron chi connectivity index (χ1n) is 11.8. The number of aromatic nitrogens is 1.